The van der Waals surface area contributed by atoms with Gasteiger partial charge in [0.05, 0.1) is 0 Å². The summed E-state index contributed by atoms with van der Waals surface area (Å²) in [5, 5.41) is 8.21. The maximum atomic E-state index is 5.55. The molecule has 0 unspecified atom stereocenters. The lowest BCUT2D eigenvalue weighted by molar-refractivity contribution is 0.525. The van der Waals surface area contributed by atoms with Gasteiger partial charge in [0.15, 0.2) is 5.82 Å². The Bertz CT molecular complexity index is 485. The van der Waals surface area contributed by atoms with E-state index in [0.717, 1.165) is 24.4 Å². The minimum atomic E-state index is 0.580. The van der Waals surface area contributed by atoms with Crippen molar-refractivity contribution in [2.75, 3.05) is 6.54 Å². The van der Waals surface area contributed by atoms with E-state index >= 15 is 0 Å². The van der Waals surface area contributed by atoms with Crippen LogP contribution in [0.25, 0.3) is 11.4 Å². The molecule has 4 nitrogen and oxygen atoms in total. The summed E-state index contributed by atoms with van der Waals surface area (Å²) in [6, 6.07) is 8.39. The molecule has 0 radical (unpaired) electrons. The first-order valence-corrected chi connectivity index (χ1v) is 6.38. The van der Waals surface area contributed by atoms with Crippen LogP contribution in [-0.2, 0) is 13.0 Å². The van der Waals surface area contributed by atoms with Crippen LogP contribution in [0.2, 0.25) is 0 Å². The Hall–Kier alpha value is -1.68. The van der Waals surface area contributed by atoms with Gasteiger partial charge in [-0.1, -0.05) is 38.1 Å². The molecule has 0 atom stereocenters. The smallest absolute Gasteiger partial charge is 0.163 e. The van der Waals surface area contributed by atoms with Gasteiger partial charge in [0.25, 0.3) is 0 Å². The summed E-state index contributed by atoms with van der Waals surface area (Å²) in [7, 11) is 0. The Morgan fingerprint density at radius 1 is 1.22 bits per heavy atom. The van der Waals surface area contributed by atoms with Gasteiger partial charge in [0.1, 0.15) is 6.33 Å². The highest BCUT2D eigenvalue weighted by atomic mass is 15.3. The molecule has 0 saturated carbocycles. The average Bonchev–Trinajstić information content (AvgIpc) is 2.78. The fourth-order valence-corrected chi connectivity index (χ4v) is 1.99. The third-order valence-electron chi connectivity index (χ3n) is 2.82. The maximum Gasteiger partial charge on any atom is 0.163 e. The van der Waals surface area contributed by atoms with Crippen LogP contribution in [0.15, 0.2) is 30.6 Å². The van der Waals surface area contributed by atoms with Gasteiger partial charge in [0, 0.05) is 12.1 Å². The summed E-state index contributed by atoms with van der Waals surface area (Å²) in [6.07, 6.45) is 2.71. The van der Waals surface area contributed by atoms with E-state index in [0.29, 0.717) is 12.5 Å². The monoisotopic (exact) mass is 244 g/mol. The first kappa shape index (κ1) is 12.8. The standard InChI is InChI=1S/C14H20N4/c1-11(2)9-18-10-16-17-14(18)13-5-3-12(4-6-13)7-8-15/h3-6,10-11H,7-9,15H2,1-2H3. The van der Waals surface area contributed by atoms with Crippen molar-refractivity contribution in [3.63, 3.8) is 0 Å². The van der Waals surface area contributed by atoms with Gasteiger partial charge in [-0.3, -0.25) is 0 Å². The van der Waals surface area contributed by atoms with Crippen molar-refractivity contribution in [3.8, 4) is 11.4 Å². The molecule has 2 N–H and O–H groups in total. The van der Waals surface area contributed by atoms with Crippen LogP contribution in [0.1, 0.15) is 19.4 Å². The second-order valence-electron chi connectivity index (χ2n) is 4.94. The van der Waals surface area contributed by atoms with E-state index in [1.54, 1.807) is 6.33 Å². The molecule has 1 aromatic carbocycles. The topological polar surface area (TPSA) is 56.7 Å². The lowest BCUT2D eigenvalue weighted by Crippen LogP contribution is -2.05. The molecular formula is C14H20N4. The van der Waals surface area contributed by atoms with E-state index in [9.17, 15) is 0 Å². The number of rotatable bonds is 5. The van der Waals surface area contributed by atoms with Crippen LogP contribution in [0.3, 0.4) is 0 Å². The molecular weight excluding hydrogens is 224 g/mol. The molecule has 0 spiro atoms. The van der Waals surface area contributed by atoms with Gasteiger partial charge in [-0.2, -0.15) is 0 Å². The molecule has 0 aliphatic carbocycles. The number of nitrogens with zero attached hydrogens (tertiary/aromatic N) is 3. The minimum Gasteiger partial charge on any atom is -0.330 e. The van der Waals surface area contributed by atoms with Gasteiger partial charge >= 0.3 is 0 Å². The second-order valence-corrected chi connectivity index (χ2v) is 4.94. The van der Waals surface area contributed by atoms with Crippen molar-refractivity contribution in [1.29, 1.82) is 0 Å². The predicted molar refractivity (Wildman–Crippen MR) is 73.1 cm³/mol. The fraction of sp³-hybridized carbons (Fsp3) is 0.429. The van der Waals surface area contributed by atoms with Crippen molar-refractivity contribution in [1.82, 2.24) is 14.8 Å². The Kier molecular flexibility index (Phi) is 4.10. The maximum absolute atomic E-state index is 5.55. The fourth-order valence-electron chi connectivity index (χ4n) is 1.99. The van der Waals surface area contributed by atoms with Crippen LogP contribution in [0.4, 0.5) is 0 Å². The quantitative estimate of drug-likeness (QED) is 0.876. The van der Waals surface area contributed by atoms with E-state index in [2.05, 4.69) is 52.9 Å². The van der Waals surface area contributed by atoms with Crippen LogP contribution >= 0.6 is 0 Å². The van der Waals surface area contributed by atoms with Crippen molar-refractivity contribution in [3.05, 3.63) is 36.2 Å². The Morgan fingerprint density at radius 3 is 2.56 bits per heavy atom. The van der Waals surface area contributed by atoms with E-state index in [1.165, 1.54) is 5.56 Å². The molecule has 0 fully saturated rings. The van der Waals surface area contributed by atoms with Gasteiger partial charge in [-0.05, 0) is 24.4 Å². The summed E-state index contributed by atoms with van der Waals surface area (Å²) in [4.78, 5) is 0. The molecule has 0 saturated heterocycles. The zero-order chi connectivity index (χ0) is 13.0. The molecule has 18 heavy (non-hydrogen) atoms. The number of benzene rings is 1. The first-order valence-electron chi connectivity index (χ1n) is 6.38. The Morgan fingerprint density at radius 2 is 1.94 bits per heavy atom. The highest BCUT2D eigenvalue weighted by Crippen LogP contribution is 2.18. The zero-order valence-corrected chi connectivity index (χ0v) is 11.0. The zero-order valence-electron chi connectivity index (χ0n) is 11.0. The molecule has 4 heteroatoms. The van der Waals surface area contributed by atoms with Gasteiger partial charge < -0.3 is 10.3 Å². The average molecular weight is 244 g/mol. The molecule has 1 aromatic heterocycles. The number of hydrogen-bond acceptors (Lipinski definition) is 3. The third-order valence-corrected chi connectivity index (χ3v) is 2.82. The number of aromatic nitrogens is 3. The predicted octanol–water partition coefficient (Wildman–Crippen LogP) is 2.10. The van der Waals surface area contributed by atoms with Crippen LogP contribution in [0.5, 0.6) is 0 Å². The molecule has 0 amide bonds. The Balaban J connectivity index is 2.23. The van der Waals surface area contributed by atoms with Crippen molar-refractivity contribution >= 4 is 0 Å². The number of nitrogens with two attached hydrogens (primary N) is 1. The lowest BCUT2D eigenvalue weighted by Gasteiger charge is -2.09. The SMILES string of the molecule is CC(C)Cn1cnnc1-c1ccc(CCN)cc1. The highest BCUT2D eigenvalue weighted by Gasteiger charge is 2.08. The third kappa shape index (κ3) is 2.96. The van der Waals surface area contributed by atoms with Crippen LogP contribution in [-0.4, -0.2) is 21.3 Å². The van der Waals surface area contributed by atoms with Crippen molar-refractivity contribution in [2.24, 2.45) is 11.7 Å². The lowest BCUT2D eigenvalue weighted by atomic mass is 10.1. The Labute approximate surface area is 108 Å². The van der Waals surface area contributed by atoms with Crippen molar-refractivity contribution in [2.45, 2.75) is 26.8 Å². The van der Waals surface area contributed by atoms with Gasteiger partial charge in [-0.25, -0.2) is 0 Å². The molecule has 0 aliphatic heterocycles. The summed E-state index contributed by atoms with van der Waals surface area (Å²) in [6.45, 7) is 6.00. The molecule has 0 bridgehead atoms. The van der Waals surface area contributed by atoms with Crippen LogP contribution < -0.4 is 5.73 Å². The van der Waals surface area contributed by atoms with Gasteiger partial charge in [-0.15, -0.1) is 10.2 Å². The van der Waals surface area contributed by atoms with E-state index in [4.69, 9.17) is 5.73 Å². The molecule has 2 rings (SSSR count). The first-order chi connectivity index (χ1) is 8.70. The second kappa shape index (κ2) is 5.78. The summed E-state index contributed by atoms with van der Waals surface area (Å²) in [5.74, 6) is 1.51. The largest absolute Gasteiger partial charge is 0.330 e. The summed E-state index contributed by atoms with van der Waals surface area (Å²) in [5.41, 5.74) is 7.91. The molecule has 96 valence electrons. The normalized spacial score (nSPS) is 11.1. The summed E-state index contributed by atoms with van der Waals surface area (Å²) < 4.78 is 2.10. The highest BCUT2D eigenvalue weighted by molar-refractivity contribution is 5.55. The minimum absolute atomic E-state index is 0.580. The molecule has 1 heterocycles. The number of hydrogen-bond donors (Lipinski definition) is 1. The molecule has 2 aromatic rings. The molecule has 0 aliphatic rings. The van der Waals surface area contributed by atoms with E-state index < -0.39 is 0 Å². The van der Waals surface area contributed by atoms with E-state index in [-0.39, 0.29) is 0 Å². The van der Waals surface area contributed by atoms with Crippen LogP contribution in [0, 0.1) is 5.92 Å². The van der Waals surface area contributed by atoms with E-state index in [1.807, 2.05) is 0 Å². The van der Waals surface area contributed by atoms with Gasteiger partial charge in [0.2, 0.25) is 0 Å². The summed E-state index contributed by atoms with van der Waals surface area (Å²) >= 11 is 0. The van der Waals surface area contributed by atoms with Crippen molar-refractivity contribution < 1.29 is 0 Å².